The van der Waals surface area contributed by atoms with Crippen molar-refractivity contribution in [2.45, 2.75) is 20.3 Å². The van der Waals surface area contributed by atoms with Crippen LogP contribution in [0.5, 0.6) is 0 Å². The van der Waals surface area contributed by atoms with Gasteiger partial charge in [-0.1, -0.05) is 6.92 Å². The molecule has 0 unspecified atom stereocenters. The minimum atomic E-state index is 0.238. The maximum Gasteiger partial charge on any atom is 0.108 e. The van der Waals surface area contributed by atoms with Gasteiger partial charge in [0, 0.05) is 5.70 Å². The molecule has 7 heavy (non-hydrogen) atoms. The van der Waals surface area contributed by atoms with Gasteiger partial charge in [-0.15, -0.1) is 0 Å². The molecule has 2 nitrogen and oxygen atoms in total. The van der Waals surface area contributed by atoms with Gasteiger partial charge in [-0.05, 0) is 13.3 Å². The molecule has 0 radical (unpaired) electrons. The molecular formula is C5H11NO. The zero-order valence-corrected chi connectivity index (χ0v) is 4.73. The van der Waals surface area contributed by atoms with Gasteiger partial charge in [0.25, 0.3) is 0 Å². The highest BCUT2D eigenvalue weighted by molar-refractivity contribution is 4.98. The van der Waals surface area contributed by atoms with E-state index in [9.17, 15) is 0 Å². The Bertz CT molecular complexity index is 82.1. The van der Waals surface area contributed by atoms with Gasteiger partial charge in [-0.2, -0.15) is 0 Å². The average Bonchev–Trinajstić information content (AvgIpc) is 1.65. The molecule has 0 bridgehead atoms. The van der Waals surface area contributed by atoms with Crippen molar-refractivity contribution in [3.8, 4) is 0 Å². The largest absolute Gasteiger partial charge is 0.511 e. The minimum absolute atomic E-state index is 0.238. The lowest BCUT2D eigenvalue weighted by molar-refractivity contribution is 0.404. The average molecular weight is 101 g/mol. The molecule has 0 aliphatic carbocycles. The molecule has 0 aromatic carbocycles. The van der Waals surface area contributed by atoms with Gasteiger partial charge < -0.3 is 10.8 Å². The van der Waals surface area contributed by atoms with Crippen LogP contribution in [-0.2, 0) is 0 Å². The highest BCUT2D eigenvalue weighted by Gasteiger charge is 1.86. The molecule has 0 atom stereocenters. The summed E-state index contributed by atoms with van der Waals surface area (Å²) in [4.78, 5) is 0. The van der Waals surface area contributed by atoms with E-state index >= 15 is 0 Å². The SMILES string of the molecule is CC/C(N)=C(/C)O. The Morgan fingerprint density at radius 2 is 2.14 bits per heavy atom. The molecule has 0 spiro atoms. The molecule has 0 aromatic rings. The lowest BCUT2D eigenvalue weighted by Crippen LogP contribution is -1.97. The van der Waals surface area contributed by atoms with Crippen LogP contribution in [0.3, 0.4) is 0 Å². The molecule has 0 aromatic heterocycles. The molecule has 0 heterocycles. The fourth-order valence-electron chi connectivity index (χ4n) is 0.256. The summed E-state index contributed by atoms with van der Waals surface area (Å²) in [7, 11) is 0. The number of hydrogen-bond donors (Lipinski definition) is 2. The number of hydrogen-bond acceptors (Lipinski definition) is 2. The first kappa shape index (κ1) is 6.34. The first-order chi connectivity index (χ1) is 3.18. The van der Waals surface area contributed by atoms with E-state index in [1.165, 1.54) is 0 Å². The predicted octanol–water partition coefficient (Wildman–Crippen LogP) is 1.14. The standard InChI is InChI=1S/C5H11NO/c1-3-5(6)4(2)7/h7H,3,6H2,1-2H3/b5-4+. The first-order valence-corrected chi connectivity index (χ1v) is 2.32. The zero-order chi connectivity index (χ0) is 5.86. The molecule has 0 saturated heterocycles. The maximum absolute atomic E-state index is 8.58. The van der Waals surface area contributed by atoms with E-state index < -0.39 is 0 Å². The van der Waals surface area contributed by atoms with E-state index in [2.05, 4.69) is 0 Å². The summed E-state index contributed by atoms with van der Waals surface area (Å²) >= 11 is 0. The molecule has 3 N–H and O–H groups in total. The van der Waals surface area contributed by atoms with E-state index in [0.29, 0.717) is 5.70 Å². The molecule has 0 fully saturated rings. The lowest BCUT2D eigenvalue weighted by atomic mass is 10.3. The van der Waals surface area contributed by atoms with Crippen LogP contribution in [0.1, 0.15) is 20.3 Å². The molecule has 42 valence electrons. The fraction of sp³-hybridized carbons (Fsp3) is 0.600. The summed E-state index contributed by atoms with van der Waals surface area (Å²) in [5.74, 6) is 0.238. The molecule has 0 aliphatic rings. The Hall–Kier alpha value is -0.660. The zero-order valence-electron chi connectivity index (χ0n) is 4.73. The van der Waals surface area contributed by atoms with Crippen molar-refractivity contribution >= 4 is 0 Å². The third kappa shape index (κ3) is 2.09. The number of aliphatic hydroxyl groups excluding tert-OH is 1. The van der Waals surface area contributed by atoms with Gasteiger partial charge in [-0.25, -0.2) is 0 Å². The fourth-order valence-corrected chi connectivity index (χ4v) is 0.256. The van der Waals surface area contributed by atoms with E-state index in [1.54, 1.807) is 6.92 Å². The van der Waals surface area contributed by atoms with Gasteiger partial charge >= 0.3 is 0 Å². The van der Waals surface area contributed by atoms with Crippen molar-refractivity contribution in [3.63, 3.8) is 0 Å². The molecule has 2 heteroatoms. The van der Waals surface area contributed by atoms with Crippen LogP contribution < -0.4 is 5.73 Å². The number of allylic oxidation sites excluding steroid dienone is 2. The normalized spacial score (nSPS) is 13.4. The van der Waals surface area contributed by atoms with Gasteiger partial charge in [0.1, 0.15) is 5.76 Å². The molecule has 0 aliphatic heterocycles. The number of rotatable bonds is 1. The monoisotopic (exact) mass is 101 g/mol. The summed E-state index contributed by atoms with van der Waals surface area (Å²) in [5.41, 5.74) is 5.81. The summed E-state index contributed by atoms with van der Waals surface area (Å²) < 4.78 is 0. The number of aliphatic hydroxyl groups is 1. The number of nitrogens with two attached hydrogens (primary N) is 1. The van der Waals surface area contributed by atoms with Crippen LogP contribution in [0.15, 0.2) is 11.5 Å². The lowest BCUT2D eigenvalue weighted by Gasteiger charge is -1.93. The Morgan fingerprint density at radius 1 is 1.71 bits per heavy atom. The van der Waals surface area contributed by atoms with Gasteiger partial charge in [-0.3, -0.25) is 0 Å². The first-order valence-electron chi connectivity index (χ1n) is 2.32. The smallest absolute Gasteiger partial charge is 0.108 e. The van der Waals surface area contributed by atoms with E-state index in [4.69, 9.17) is 10.8 Å². The topological polar surface area (TPSA) is 46.2 Å². The Balaban J connectivity index is 3.72. The maximum atomic E-state index is 8.58. The second-order valence-electron chi connectivity index (χ2n) is 1.46. The van der Waals surface area contributed by atoms with Crippen molar-refractivity contribution in [2.75, 3.05) is 0 Å². The molecular weight excluding hydrogens is 90.1 g/mol. The summed E-state index contributed by atoms with van der Waals surface area (Å²) in [6, 6.07) is 0. The molecule has 0 saturated carbocycles. The third-order valence-electron chi connectivity index (χ3n) is 0.846. The molecule has 0 rings (SSSR count). The van der Waals surface area contributed by atoms with Gasteiger partial charge in [0.05, 0.1) is 0 Å². The van der Waals surface area contributed by atoms with E-state index in [0.717, 1.165) is 6.42 Å². The van der Waals surface area contributed by atoms with Crippen molar-refractivity contribution in [2.24, 2.45) is 5.73 Å². The van der Waals surface area contributed by atoms with Crippen molar-refractivity contribution < 1.29 is 5.11 Å². The highest BCUT2D eigenvalue weighted by Crippen LogP contribution is 1.94. The quantitative estimate of drug-likeness (QED) is 0.486. The van der Waals surface area contributed by atoms with Crippen molar-refractivity contribution in [1.29, 1.82) is 0 Å². The third-order valence-corrected chi connectivity index (χ3v) is 0.846. The van der Waals surface area contributed by atoms with Crippen LogP contribution in [-0.4, -0.2) is 5.11 Å². The Labute approximate surface area is 43.6 Å². The minimum Gasteiger partial charge on any atom is -0.511 e. The Kier molecular flexibility index (Phi) is 2.27. The Morgan fingerprint density at radius 3 is 2.14 bits per heavy atom. The van der Waals surface area contributed by atoms with Crippen LogP contribution in [0.2, 0.25) is 0 Å². The second kappa shape index (κ2) is 2.50. The summed E-state index contributed by atoms with van der Waals surface area (Å²) in [5, 5.41) is 8.58. The van der Waals surface area contributed by atoms with E-state index in [1.807, 2.05) is 6.92 Å². The summed E-state index contributed by atoms with van der Waals surface area (Å²) in [6.45, 7) is 3.48. The predicted molar refractivity (Wildman–Crippen MR) is 29.8 cm³/mol. The van der Waals surface area contributed by atoms with Gasteiger partial charge in [0.2, 0.25) is 0 Å². The summed E-state index contributed by atoms with van der Waals surface area (Å²) in [6.07, 6.45) is 0.725. The highest BCUT2D eigenvalue weighted by atomic mass is 16.3. The van der Waals surface area contributed by atoms with Crippen molar-refractivity contribution in [3.05, 3.63) is 11.5 Å². The van der Waals surface area contributed by atoms with Crippen LogP contribution in [0.25, 0.3) is 0 Å². The van der Waals surface area contributed by atoms with Gasteiger partial charge in [0.15, 0.2) is 0 Å². The second-order valence-corrected chi connectivity index (χ2v) is 1.46. The van der Waals surface area contributed by atoms with Crippen LogP contribution in [0, 0.1) is 0 Å². The van der Waals surface area contributed by atoms with E-state index in [-0.39, 0.29) is 5.76 Å². The van der Waals surface area contributed by atoms with Crippen molar-refractivity contribution in [1.82, 2.24) is 0 Å². The van der Waals surface area contributed by atoms with Crippen LogP contribution >= 0.6 is 0 Å². The van der Waals surface area contributed by atoms with Crippen LogP contribution in [0.4, 0.5) is 0 Å². The molecule has 0 amide bonds.